The molecule has 2 aliphatic rings. The van der Waals surface area contributed by atoms with Gasteiger partial charge < -0.3 is 24.8 Å². The van der Waals surface area contributed by atoms with Crippen molar-refractivity contribution < 1.29 is 48.1 Å². The summed E-state index contributed by atoms with van der Waals surface area (Å²) in [5.41, 5.74) is 10.0. The zero-order chi connectivity index (χ0) is 33.0. The van der Waals surface area contributed by atoms with Crippen molar-refractivity contribution in [3.63, 3.8) is 0 Å². The quantitative estimate of drug-likeness (QED) is 0.189. The van der Waals surface area contributed by atoms with Gasteiger partial charge in [0, 0.05) is 0 Å². The zero-order valence-corrected chi connectivity index (χ0v) is 34.8. The molecule has 0 nitrogen and oxygen atoms in total. The number of hydrogen-bond donors (Lipinski definition) is 0. The third kappa shape index (κ3) is 11.3. The van der Waals surface area contributed by atoms with Crippen molar-refractivity contribution in [2.75, 3.05) is 0 Å². The first-order valence-corrected chi connectivity index (χ1v) is 21.4. The van der Waals surface area contributed by atoms with Gasteiger partial charge in [0.25, 0.3) is 0 Å². The summed E-state index contributed by atoms with van der Waals surface area (Å²) in [5, 5.41) is 3.03. The van der Waals surface area contributed by atoms with Crippen molar-refractivity contribution in [3.8, 4) is 11.1 Å². The number of benzene rings is 4. The Morgan fingerprint density at radius 1 is 0.660 bits per heavy atom. The molecular formula is C43H50Cl2SiZr-2. The SMILES string of the molecule is CC(C)(C)c1c[c-]c2c(c1)-c1cc(C(C)(C)C)ccc1C2.CC1[C-]=CC(C(C)(C)C)=C1.[Cl-].[Cl-].[Zr+2]=[Si](c1ccccc1)c1ccccc1. The maximum atomic E-state index is 3.53. The molecule has 0 saturated carbocycles. The van der Waals surface area contributed by atoms with E-state index in [4.69, 9.17) is 0 Å². The summed E-state index contributed by atoms with van der Waals surface area (Å²) in [6.45, 7) is 22.5. The second-order valence-electron chi connectivity index (χ2n) is 15.4. The number of hydrogen-bond acceptors (Lipinski definition) is 0. The maximum absolute atomic E-state index is 3.53. The van der Waals surface area contributed by atoms with Gasteiger partial charge in [-0.3, -0.25) is 6.08 Å². The molecule has 0 spiro atoms. The van der Waals surface area contributed by atoms with Gasteiger partial charge in [0.1, 0.15) is 0 Å². The fourth-order valence-corrected chi connectivity index (χ4v) is 9.26. The van der Waals surface area contributed by atoms with Crippen LogP contribution >= 0.6 is 0 Å². The van der Waals surface area contributed by atoms with Gasteiger partial charge in [0.05, 0.1) is 0 Å². The van der Waals surface area contributed by atoms with Crippen LogP contribution < -0.4 is 35.2 Å². The molecule has 1 atom stereocenters. The molecule has 6 rings (SSSR count). The van der Waals surface area contributed by atoms with Crippen LogP contribution in [0.2, 0.25) is 0 Å². The monoisotopic (exact) mass is 754 g/mol. The van der Waals surface area contributed by atoms with E-state index in [1.54, 1.807) is 23.3 Å². The van der Waals surface area contributed by atoms with E-state index in [0.29, 0.717) is 11.3 Å². The summed E-state index contributed by atoms with van der Waals surface area (Å²) in [4.78, 5) is 0. The second-order valence-corrected chi connectivity index (χ2v) is 21.0. The molecule has 0 amide bonds. The van der Waals surface area contributed by atoms with Crippen molar-refractivity contribution in [1.29, 1.82) is 0 Å². The van der Waals surface area contributed by atoms with Crippen LogP contribution in [0.25, 0.3) is 11.1 Å². The molecule has 0 heterocycles. The van der Waals surface area contributed by atoms with E-state index >= 15 is 0 Å². The van der Waals surface area contributed by atoms with Crippen LogP contribution in [0.5, 0.6) is 0 Å². The summed E-state index contributed by atoms with van der Waals surface area (Å²) >= 11 is 1.64. The topological polar surface area (TPSA) is 0 Å². The molecule has 0 aromatic heterocycles. The Bertz CT molecular complexity index is 1580. The van der Waals surface area contributed by atoms with Gasteiger partial charge in [-0.1, -0.05) is 115 Å². The van der Waals surface area contributed by atoms with Crippen LogP contribution in [-0.2, 0) is 40.6 Å². The average Bonchev–Trinajstić information content (AvgIpc) is 3.60. The van der Waals surface area contributed by atoms with Crippen molar-refractivity contribution in [2.24, 2.45) is 11.3 Å². The molecule has 2 aliphatic carbocycles. The zero-order valence-electron chi connectivity index (χ0n) is 29.9. The molecule has 4 aromatic rings. The average molecular weight is 757 g/mol. The summed E-state index contributed by atoms with van der Waals surface area (Å²) in [6, 6.07) is 36.7. The van der Waals surface area contributed by atoms with Crippen molar-refractivity contribution in [3.05, 3.63) is 143 Å². The van der Waals surface area contributed by atoms with E-state index in [-0.39, 0.29) is 35.6 Å². The molecule has 0 fully saturated rings. The van der Waals surface area contributed by atoms with Crippen LogP contribution in [0, 0.1) is 23.5 Å². The number of halogens is 2. The number of fused-ring (bicyclic) bond motifs is 3. The summed E-state index contributed by atoms with van der Waals surface area (Å²) in [7, 11) is 0. The third-order valence-electron chi connectivity index (χ3n) is 8.45. The molecule has 246 valence electrons. The van der Waals surface area contributed by atoms with Gasteiger partial charge in [-0.25, -0.2) is 6.08 Å². The fourth-order valence-electron chi connectivity index (χ4n) is 5.41. The Morgan fingerprint density at radius 3 is 1.60 bits per heavy atom. The van der Waals surface area contributed by atoms with E-state index < -0.39 is 5.43 Å². The number of allylic oxidation sites excluding steroid dienone is 4. The number of rotatable bonds is 2. The van der Waals surface area contributed by atoms with Crippen molar-refractivity contribution >= 4 is 15.8 Å². The predicted octanol–water partition coefficient (Wildman–Crippen LogP) is 3.97. The molecule has 0 aliphatic heterocycles. The molecular weight excluding hydrogens is 707 g/mol. The first kappa shape index (κ1) is 41.2. The van der Waals surface area contributed by atoms with Gasteiger partial charge in [0.2, 0.25) is 0 Å². The molecule has 1 unspecified atom stereocenters. The second kappa shape index (κ2) is 17.1. The van der Waals surface area contributed by atoms with Crippen LogP contribution in [0.15, 0.2) is 109 Å². The first-order chi connectivity index (χ1) is 21.0. The van der Waals surface area contributed by atoms with Crippen LogP contribution in [0.3, 0.4) is 0 Å². The minimum absolute atomic E-state index is 0. The van der Waals surface area contributed by atoms with Gasteiger partial charge >= 0.3 is 99.8 Å². The molecule has 0 N–H and O–H groups in total. The Balaban J connectivity index is 0.000000258. The molecule has 4 heteroatoms. The van der Waals surface area contributed by atoms with Crippen LogP contribution in [0.1, 0.15) is 91.5 Å². The summed E-state index contributed by atoms with van der Waals surface area (Å²) in [5.74, 6) is 0.522. The van der Waals surface area contributed by atoms with Crippen LogP contribution in [-0.4, -0.2) is 5.43 Å². The van der Waals surface area contributed by atoms with Gasteiger partial charge in [0.15, 0.2) is 0 Å². The van der Waals surface area contributed by atoms with Crippen molar-refractivity contribution in [2.45, 2.75) is 86.5 Å². The normalized spacial score (nSPS) is 14.6. The van der Waals surface area contributed by atoms with Crippen molar-refractivity contribution in [1.82, 2.24) is 0 Å². The molecule has 47 heavy (non-hydrogen) atoms. The first-order valence-electron chi connectivity index (χ1n) is 16.2. The Kier molecular flexibility index (Phi) is 15.0. The Hall–Kier alpha value is -1.96. The molecule has 0 bridgehead atoms. The van der Waals surface area contributed by atoms with E-state index in [1.165, 1.54) is 49.3 Å². The van der Waals surface area contributed by atoms with Gasteiger partial charge in [-0.15, -0.1) is 5.56 Å². The fraction of sp³-hybridized carbons (Fsp3) is 0.349. The Morgan fingerprint density at radius 2 is 1.17 bits per heavy atom. The van der Waals surface area contributed by atoms with E-state index in [0.717, 1.165) is 6.42 Å². The van der Waals surface area contributed by atoms with E-state index in [9.17, 15) is 0 Å². The van der Waals surface area contributed by atoms with Gasteiger partial charge in [-0.05, 0) is 17.4 Å². The third-order valence-corrected chi connectivity index (χ3v) is 14.5. The van der Waals surface area contributed by atoms with Crippen LogP contribution in [0.4, 0.5) is 0 Å². The Labute approximate surface area is 313 Å². The molecule has 4 aromatic carbocycles. The molecule has 0 radical (unpaired) electrons. The van der Waals surface area contributed by atoms with Gasteiger partial charge in [-0.2, -0.15) is 41.0 Å². The summed E-state index contributed by atoms with van der Waals surface area (Å²) in [6.07, 6.45) is 8.68. The standard InChI is InChI=1S/C21H25.C12H10Si.C10H15.2ClH.Zr/c1-20(2,3)16-9-7-14-11-15-8-10-17(21(4,5)6)13-19(15)18(14)12-16;1-3-7-11(8-4-1)13-12-9-5-2-6-10-12;1-8-5-6-9(7-8)10(2,3)4;;;/h7,9-10,12-13H,11H2,1-6H3;1-10H;6-8H,1-4H3;2*1H;/q-1;;-1;;;+2/p-2. The van der Waals surface area contributed by atoms with E-state index in [2.05, 4.69) is 185 Å². The minimum atomic E-state index is -0.455. The van der Waals surface area contributed by atoms with E-state index in [1.807, 2.05) is 0 Å². The summed E-state index contributed by atoms with van der Waals surface area (Å²) < 4.78 is 0. The predicted molar refractivity (Wildman–Crippen MR) is 193 cm³/mol. The molecule has 0 saturated heterocycles.